The van der Waals surface area contributed by atoms with E-state index in [0.29, 0.717) is 12.2 Å². The van der Waals surface area contributed by atoms with Gasteiger partial charge in [0.15, 0.2) is 0 Å². The summed E-state index contributed by atoms with van der Waals surface area (Å²) in [6.45, 7) is 4.81. The van der Waals surface area contributed by atoms with Crippen molar-refractivity contribution in [1.29, 1.82) is 0 Å². The lowest BCUT2D eigenvalue weighted by Gasteiger charge is -2.35. The summed E-state index contributed by atoms with van der Waals surface area (Å²) in [7, 11) is 0. The predicted molar refractivity (Wildman–Crippen MR) is 82.3 cm³/mol. The number of benzene rings is 1. The Morgan fingerprint density at radius 1 is 1.38 bits per heavy atom. The van der Waals surface area contributed by atoms with Crippen LogP contribution in [0.4, 0.5) is 0 Å². The Kier molecular flexibility index (Phi) is 3.64. The van der Waals surface area contributed by atoms with Gasteiger partial charge in [0.2, 0.25) is 0 Å². The molecule has 1 aliphatic heterocycles. The molecule has 0 spiro atoms. The van der Waals surface area contributed by atoms with E-state index in [1.54, 1.807) is 6.20 Å². The third kappa shape index (κ3) is 3.22. The first kappa shape index (κ1) is 14.0. The monoisotopic (exact) mass is 284 g/mol. The molecule has 0 saturated carbocycles. The van der Waals surface area contributed by atoms with E-state index in [9.17, 15) is 4.79 Å². The molecular weight excluding hydrogens is 264 g/mol. The average Bonchev–Trinajstić information content (AvgIpc) is 2.45. The number of nitrogens with zero attached hydrogens (tertiary/aromatic N) is 1. The van der Waals surface area contributed by atoms with Gasteiger partial charge < -0.3 is 10.1 Å². The molecule has 2 aromatic rings. The second-order valence-corrected chi connectivity index (χ2v) is 6.18. The standard InChI is InChI=1S/C17H20N2O2/c1-17(2)11-14(7-9-21-17)19-16(20)13-6-5-12-4-3-8-18-15(12)10-13/h3-6,8,10,14H,7,9,11H2,1-2H3,(H,19,20). The van der Waals surface area contributed by atoms with Crippen LogP contribution in [0.1, 0.15) is 37.0 Å². The Labute approximate surface area is 124 Å². The summed E-state index contributed by atoms with van der Waals surface area (Å²) in [5.74, 6) is -0.0368. The molecule has 1 saturated heterocycles. The molecular formula is C17H20N2O2. The van der Waals surface area contributed by atoms with Crippen molar-refractivity contribution in [2.45, 2.75) is 38.3 Å². The second-order valence-electron chi connectivity index (χ2n) is 6.18. The summed E-state index contributed by atoms with van der Waals surface area (Å²) in [5.41, 5.74) is 1.34. The number of hydrogen-bond donors (Lipinski definition) is 1. The molecule has 1 amide bonds. The molecule has 2 heterocycles. The van der Waals surface area contributed by atoms with Gasteiger partial charge in [-0.15, -0.1) is 0 Å². The predicted octanol–water partition coefficient (Wildman–Crippen LogP) is 2.92. The fourth-order valence-corrected chi connectivity index (χ4v) is 2.83. The summed E-state index contributed by atoms with van der Waals surface area (Å²) in [6.07, 6.45) is 3.44. The highest BCUT2D eigenvalue weighted by molar-refractivity contribution is 5.97. The lowest BCUT2D eigenvalue weighted by Crippen LogP contribution is -2.45. The zero-order valence-electron chi connectivity index (χ0n) is 12.4. The van der Waals surface area contributed by atoms with E-state index in [-0.39, 0.29) is 17.6 Å². The highest BCUT2D eigenvalue weighted by atomic mass is 16.5. The van der Waals surface area contributed by atoms with Crippen molar-refractivity contribution in [3.05, 3.63) is 42.1 Å². The normalized spacial score (nSPS) is 21.1. The van der Waals surface area contributed by atoms with Gasteiger partial charge in [-0.3, -0.25) is 9.78 Å². The van der Waals surface area contributed by atoms with E-state index in [4.69, 9.17) is 4.74 Å². The van der Waals surface area contributed by atoms with Crippen molar-refractivity contribution in [3.8, 4) is 0 Å². The van der Waals surface area contributed by atoms with Crippen LogP contribution in [0.3, 0.4) is 0 Å². The Morgan fingerprint density at radius 3 is 3.05 bits per heavy atom. The number of rotatable bonds is 2. The number of nitrogens with one attached hydrogen (secondary N) is 1. The Bertz CT molecular complexity index is 667. The van der Waals surface area contributed by atoms with E-state index in [1.165, 1.54) is 0 Å². The molecule has 4 heteroatoms. The summed E-state index contributed by atoms with van der Waals surface area (Å²) in [5, 5.41) is 4.15. The summed E-state index contributed by atoms with van der Waals surface area (Å²) >= 11 is 0. The van der Waals surface area contributed by atoms with Gasteiger partial charge in [-0.05, 0) is 44.9 Å². The zero-order chi connectivity index (χ0) is 14.9. The van der Waals surface area contributed by atoms with Crippen LogP contribution in [0.15, 0.2) is 36.5 Å². The summed E-state index contributed by atoms with van der Waals surface area (Å²) in [4.78, 5) is 16.7. The average molecular weight is 284 g/mol. The van der Waals surface area contributed by atoms with Crippen LogP contribution in [0.2, 0.25) is 0 Å². The van der Waals surface area contributed by atoms with Gasteiger partial charge in [-0.2, -0.15) is 0 Å². The maximum atomic E-state index is 12.4. The van der Waals surface area contributed by atoms with Gasteiger partial charge in [0.05, 0.1) is 11.1 Å². The van der Waals surface area contributed by atoms with Crippen molar-refractivity contribution < 1.29 is 9.53 Å². The smallest absolute Gasteiger partial charge is 0.251 e. The molecule has 1 N–H and O–H groups in total. The number of hydrogen-bond acceptors (Lipinski definition) is 3. The van der Waals surface area contributed by atoms with Gasteiger partial charge in [0.25, 0.3) is 5.91 Å². The minimum atomic E-state index is -0.166. The highest BCUT2D eigenvalue weighted by Gasteiger charge is 2.29. The molecule has 1 unspecified atom stereocenters. The molecule has 1 aromatic carbocycles. The van der Waals surface area contributed by atoms with Crippen molar-refractivity contribution in [2.24, 2.45) is 0 Å². The van der Waals surface area contributed by atoms with Gasteiger partial charge in [0.1, 0.15) is 0 Å². The minimum absolute atomic E-state index is 0.0368. The van der Waals surface area contributed by atoms with E-state index in [2.05, 4.69) is 24.1 Å². The van der Waals surface area contributed by atoms with Gasteiger partial charge in [-0.25, -0.2) is 0 Å². The van der Waals surface area contributed by atoms with Gasteiger partial charge in [0, 0.05) is 29.8 Å². The van der Waals surface area contributed by atoms with Crippen LogP contribution in [0.5, 0.6) is 0 Å². The molecule has 4 nitrogen and oxygen atoms in total. The Hall–Kier alpha value is -1.94. The lowest BCUT2D eigenvalue weighted by molar-refractivity contribution is -0.0615. The number of ether oxygens (including phenoxy) is 1. The molecule has 0 aliphatic carbocycles. The molecule has 0 bridgehead atoms. The maximum Gasteiger partial charge on any atom is 0.251 e. The molecule has 3 rings (SSSR count). The van der Waals surface area contributed by atoms with E-state index < -0.39 is 0 Å². The van der Waals surface area contributed by atoms with Crippen molar-refractivity contribution >= 4 is 16.8 Å². The number of amides is 1. The maximum absolute atomic E-state index is 12.4. The third-order valence-corrected chi connectivity index (χ3v) is 3.90. The van der Waals surface area contributed by atoms with E-state index in [0.717, 1.165) is 23.7 Å². The third-order valence-electron chi connectivity index (χ3n) is 3.90. The van der Waals surface area contributed by atoms with Crippen LogP contribution < -0.4 is 5.32 Å². The van der Waals surface area contributed by atoms with Crippen molar-refractivity contribution in [2.75, 3.05) is 6.61 Å². The Morgan fingerprint density at radius 2 is 2.24 bits per heavy atom. The number of pyridine rings is 1. The second kappa shape index (κ2) is 5.45. The first-order valence-electron chi connectivity index (χ1n) is 7.33. The first-order chi connectivity index (χ1) is 10.0. The lowest BCUT2D eigenvalue weighted by atomic mass is 9.93. The molecule has 1 aromatic heterocycles. The molecule has 1 aliphatic rings. The topological polar surface area (TPSA) is 51.2 Å². The van der Waals surface area contributed by atoms with E-state index >= 15 is 0 Å². The SMILES string of the molecule is CC1(C)CC(NC(=O)c2ccc3cccnc3c2)CCO1. The summed E-state index contributed by atoms with van der Waals surface area (Å²) in [6, 6.07) is 9.68. The highest BCUT2D eigenvalue weighted by Crippen LogP contribution is 2.24. The van der Waals surface area contributed by atoms with Gasteiger partial charge >= 0.3 is 0 Å². The minimum Gasteiger partial charge on any atom is -0.375 e. The van der Waals surface area contributed by atoms with Crippen LogP contribution >= 0.6 is 0 Å². The van der Waals surface area contributed by atoms with Gasteiger partial charge in [-0.1, -0.05) is 12.1 Å². The number of carbonyl (C=O) groups excluding carboxylic acids is 1. The zero-order valence-corrected chi connectivity index (χ0v) is 12.4. The van der Waals surface area contributed by atoms with E-state index in [1.807, 2.05) is 30.3 Å². The molecule has 0 radical (unpaired) electrons. The van der Waals surface area contributed by atoms with Crippen LogP contribution in [-0.2, 0) is 4.74 Å². The fraction of sp³-hybridized carbons (Fsp3) is 0.412. The van der Waals surface area contributed by atoms with Crippen molar-refractivity contribution in [3.63, 3.8) is 0 Å². The largest absolute Gasteiger partial charge is 0.375 e. The summed E-state index contributed by atoms with van der Waals surface area (Å²) < 4.78 is 5.68. The Balaban J connectivity index is 1.74. The molecule has 1 atom stereocenters. The van der Waals surface area contributed by atoms with Crippen LogP contribution in [0.25, 0.3) is 10.9 Å². The number of carbonyl (C=O) groups is 1. The van der Waals surface area contributed by atoms with Crippen LogP contribution in [-0.4, -0.2) is 29.1 Å². The number of aromatic nitrogens is 1. The quantitative estimate of drug-likeness (QED) is 0.922. The number of fused-ring (bicyclic) bond motifs is 1. The first-order valence-corrected chi connectivity index (χ1v) is 7.33. The molecule has 1 fully saturated rings. The molecule has 21 heavy (non-hydrogen) atoms. The van der Waals surface area contributed by atoms with Crippen LogP contribution in [0, 0.1) is 0 Å². The fourth-order valence-electron chi connectivity index (χ4n) is 2.83. The van der Waals surface area contributed by atoms with Crippen molar-refractivity contribution in [1.82, 2.24) is 10.3 Å². The molecule has 110 valence electrons.